The lowest BCUT2D eigenvalue weighted by Gasteiger charge is -2.42. The van der Waals surface area contributed by atoms with Gasteiger partial charge in [0.25, 0.3) is 0 Å². The van der Waals surface area contributed by atoms with E-state index in [9.17, 15) is 4.79 Å². The van der Waals surface area contributed by atoms with Crippen LogP contribution in [-0.4, -0.2) is 59.0 Å². The molecule has 7 nitrogen and oxygen atoms in total. The average Bonchev–Trinajstić information content (AvgIpc) is 3.18. The Hall–Kier alpha value is -2.22. The van der Waals surface area contributed by atoms with E-state index in [0.717, 1.165) is 29.2 Å². The molecule has 0 bridgehead atoms. The van der Waals surface area contributed by atoms with Crippen molar-refractivity contribution in [3.8, 4) is 0 Å². The predicted molar refractivity (Wildman–Crippen MR) is 130 cm³/mol. The zero-order chi connectivity index (χ0) is 23.5. The summed E-state index contributed by atoms with van der Waals surface area (Å²) >= 11 is 6.05. The third-order valence-electron chi connectivity index (χ3n) is 6.55. The molecule has 2 aromatic rings. The molecule has 1 N–H and O–H groups in total. The van der Waals surface area contributed by atoms with Crippen molar-refractivity contribution in [3.05, 3.63) is 52.4 Å². The number of halogens is 1. The van der Waals surface area contributed by atoms with E-state index in [-0.39, 0.29) is 24.0 Å². The fourth-order valence-corrected chi connectivity index (χ4v) is 4.86. The number of carbonyl (C=O) groups excluding carboxylic acids is 1. The molecule has 1 saturated heterocycles. The van der Waals surface area contributed by atoms with Gasteiger partial charge in [-0.25, -0.2) is 9.97 Å². The first-order chi connectivity index (χ1) is 15.8. The van der Waals surface area contributed by atoms with Crippen LogP contribution in [0, 0.1) is 5.92 Å². The summed E-state index contributed by atoms with van der Waals surface area (Å²) < 4.78 is 5.78. The maximum absolute atomic E-state index is 13.6. The Labute approximate surface area is 201 Å². The highest BCUT2D eigenvalue weighted by molar-refractivity contribution is 6.30. The number of amides is 1. The van der Waals surface area contributed by atoms with E-state index in [1.807, 2.05) is 36.1 Å². The van der Waals surface area contributed by atoms with Crippen molar-refractivity contribution in [2.75, 3.05) is 31.1 Å². The number of aromatic nitrogens is 2. The van der Waals surface area contributed by atoms with Crippen LogP contribution in [0.1, 0.15) is 50.6 Å². The maximum Gasteiger partial charge on any atom is 0.227 e. The molecular formula is C25H34ClN5O2. The van der Waals surface area contributed by atoms with E-state index in [0.29, 0.717) is 43.7 Å². The van der Waals surface area contributed by atoms with E-state index >= 15 is 0 Å². The highest BCUT2D eigenvalue weighted by Gasteiger charge is 2.35. The normalized spacial score (nSPS) is 21.4. The van der Waals surface area contributed by atoms with Crippen LogP contribution < -0.4 is 10.2 Å². The Morgan fingerprint density at radius 3 is 2.67 bits per heavy atom. The summed E-state index contributed by atoms with van der Waals surface area (Å²) in [6.45, 7) is 11.7. The van der Waals surface area contributed by atoms with Gasteiger partial charge in [0, 0.05) is 48.8 Å². The third-order valence-corrected chi connectivity index (χ3v) is 6.80. The van der Waals surface area contributed by atoms with Crippen LogP contribution in [0.3, 0.4) is 0 Å². The van der Waals surface area contributed by atoms with Crippen LogP contribution in [0.25, 0.3) is 0 Å². The molecule has 2 unspecified atom stereocenters. The number of benzene rings is 1. The van der Waals surface area contributed by atoms with Crippen LogP contribution in [0.15, 0.2) is 30.6 Å². The van der Waals surface area contributed by atoms with E-state index in [1.54, 1.807) is 6.33 Å². The number of nitrogens with one attached hydrogen (secondary N) is 1. The van der Waals surface area contributed by atoms with Crippen molar-refractivity contribution in [2.45, 2.75) is 58.9 Å². The van der Waals surface area contributed by atoms with Crippen LogP contribution in [-0.2, 0) is 22.6 Å². The molecular weight excluding hydrogens is 438 g/mol. The van der Waals surface area contributed by atoms with Gasteiger partial charge < -0.3 is 19.9 Å². The first-order valence-corrected chi connectivity index (χ1v) is 12.2. The zero-order valence-corrected chi connectivity index (χ0v) is 20.7. The fourth-order valence-electron chi connectivity index (χ4n) is 4.73. The van der Waals surface area contributed by atoms with Crippen LogP contribution in [0.5, 0.6) is 0 Å². The fraction of sp³-hybridized carbons (Fsp3) is 0.560. The Morgan fingerprint density at radius 1 is 1.21 bits per heavy atom. The smallest absolute Gasteiger partial charge is 0.227 e. The van der Waals surface area contributed by atoms with Gasteiger partial charge in [0.2, 0.25) is 5.91 Å². The number of fused-ring (bicyclic) bond motifs is 1. The van der Waals surface area contributed by atoms with E-state index in [2.05, 4.69) is 41.0 Å². The molecule has 4 rings (SSSR count). The molecule has 1 aromatic carbocycles. The van der Waals surface area contributed by atoms with Crippen molar-refractivity contribution in [1.82, 2.24) is 20.2 Å². The largest absolute Gasteiger partial charge is 0.367 e. The summed E-state index contributed by atoms with van der Waals surface area (Å²) in [4.78, 5) is 26.9. The molecule has 1 fully saturated rings. The average molecular weight is 472 g/mol. The lowest BCUT2D eigenvalue weighted by atomic mass is 9.96. The van der Waals surface area contributed by atoms with Gasteiger partial charge in [-0.2, -0.15) is 0 Å². The van der Waals surface area contributed by atoms with E-state index in [4.69, 9.17) is 16.3 Å². The summed E-state index contributed by atoms with van der Waals surface area (Å²) in [5.41, 5.74) is 3.19. The lowest BCUT2D eigenvalue weighted by Crippen LogP contribution is -2.56. The van der Waals surface area contributed by atoms with Crippen molar-refractivity contribution in [2.24, 2.45) is 5.92 Å². The van der Waals surface area contributed by atoms with Crippen LogP contribution in [0.4, 0.5) is 5.82 Å². The maximum atomic E-state index is 13.6. The Kier molecular flexibility index (Phi) is 7.51. The van der Waals surface area contributed by atoms with Crippen LogP contribution >= 0.6 is 11.6 Å². The molecule has 2 aliphatic rings. The summed E-state index contributed by atoms with van der Waals surface area (Å²) in [5.74, 6) is 1.03. The quantitative estimate of drug-likeness (QED) is 0.665. The minimum atomic E-state index is -0.121. The van der Waals surface area contributed by atoms with Gasteiger partial charge >= 0.3 is 0 Å². The summed E-state index contributed by atoms with van der Waals surface area (Å²) in [6.07, 6.45) is 2.31. The van der Waals surface area contributed by atoms with Crippen molar-refractivity contribution < 1.29 is 9.53 Å². The molecule has 3 atom stereocenters. The number of rotatable bonds is 7. The third kappa shape index (κ3) is 5.48. The number of hydrogen-bond acceptors (Lipinski definition) is 6. The van der Waals surface area contributed by atoms with Gasteiger partial charge in [0.15, 0.2) is 0 Å². The van der Waals surface area contributed by atoms with Gasteiger partial charge in [-0.15, -0.1) is 0 Å². The Morgan fingerprint density at radius 2 is 1.97 bits per heavy atom. The summed E-state index contributed by atoms with van der Waals surface area (Å²) in [5, 5.41) is 4.17. The molecule has 0 aliphatic carbocycles. The summed E-state index contributed by atoms with van der Waals surface area (Å²) in [6, 6.07) is 8.28. The SMILES string of the molecule is CC(C)NCC(Cc1ccc(Cl)cc1)C(=O)N1CCN(c2ncnc3c2C(C)OC3)[C@@H](C)C1. The monoisotopic (exact) mass is 471 g/mol. The number of anilines is 1. The molecule has 2 aliphatic heterocycles. The second kappa shape index (κ2) is 10.4. The first kappa shape index (κ1) is 23.9. The van der Waals surface area contributed by atoms with E-state index in [1.165, 1.54) is 0 Å². The highest BCUT2D eigenvalue weighted by atomic mass is 35.5. The number of nitrogens with zero attached hydrogens (tertiary/aromatic N) is 4. The number of ether oxygens (including phenoxy) is 1. The molecule has 1 aromatic heterocycles. The minimum absolute atomic E-state index is 0.00562. The lowest BCUT2D eigenvalue weighted by molar-refractivity contribution is -0.136. The number of hydrogen-bond donors (Lipinski definition) is 1. The van der Waals surface area contributed by atoms with Gasteiger partial charge in [0.1, 0.15) is 12.1 Å². The van der Waals surface area contributed by atoms with Gasteiger partial charge in [-0.1, -0.05) is 37.6 Å². The standard InChI is InChI=1S/C25H34ClN5O2/c1-16(2)27-12-20(11-19-5-7-21(26)8-6-19)25(32)30-9-10-31(17(3)13-30)24-23-18(4)33-14-22(23)28-15-29-24/h5-8,15-18,20,27H,9-14H2,1-4H3/t17-,18?,20?/m0/s1. The zero-order valence-electron chi connectivity index (χ0n) is 19.9. The topological polar surface area (TPSA) is 70.6 Å². The molecule has 0 radical (unpaired) electrons. The molecule has 3 heterocycles. The minimum Gasteiger partial charge on any atom is -0.367 e. The molecule has 0 spiro atoms. The van der Waals surface area contributed by atoms with Crippen molar-refractivity contribution in [3.63, 3.8) is 0 Å². The van der Waals surface area contributed by atoms with Gasteiger partial charge in [-0.3, -0.25) is 4.79 Å². The second-order valence-electron chi connectivity index (χ2n) is 9.43. The van der Waals surface area contributed by atoms with Crippen molar-refractivity contribution in [1.29, 1.82) is 0 Å². The van der Waals surface area contributed by atoms with Crippen LogP contribution in [0.2, 0.25) is 5.02 Å². The summed E-state index contributed by atoms with van der Waals surface area (Å²) in [7, 11) is 0. The molecule has 1 amide bonds. The number of carbonyl (C=O) groups is 1. The number of piperazine rings is 1. The second-order valence-corrected chi connectivity index (χ2v) is 9.86. The molecule has 8 heteroatoms. The first-order valence-electron chi connectivity index (χ1n) is 11.8. The van der Waals surface area contributed by atoms with Gasteiger partial charge in [0.05, 0.1) is 24.3 Å². The predicted octanol–water partition coefficient (Wildman–Crippen LogP) is 3.62. The van der Waals surface area contributed by atoms with Crippen molar-refractivity contribution >= 4 is 23.3 Å². The molecule has 33 heavy (non-hydrogen) atoms. The Balaban J connectivity index is 1.46. The molecule has 0 saturated carbocycles. The van der Waals surface area contributed by atoms with Gasteiger partial charge in [-0.05, 0) is 38.0 Å². The highest BCUT2D eigenvalue weighted by Crippen LogP contribution is 2.36. The van der Waals surface area contributed by atoms with E-state index < -0.39 is 0 Å². The Bertz CT molecular complexity index is 968. The molecule has 178 valence electrons.